The van der Waals surface area contributed by atoms with Gasteiger partial charge < -0.3 is 19.7 Å². The van der Waals surface area contributed by atoms with Gasteiger partial charge in [0.15, 0.2) is 11.5 Å². The summed E-state index contributed by atoms with van der Waals surface area (Å²) in [5.41, 5.74) is 3.54. The van der Waals surface area contributed by atoms with Gasteiger partial charge in [-0.25, -0.2) is 4.79 Å². The van der Waals surface area contributed by atoms with Crippen LogP contribution in [0.15, 0.2) is 36.4 Å². The van der Waals surface area contributed by atoms with Crippen molar-refractivity contribution < 1.29 is 19.1 Å². The van der Waals surface area contributed by atoms with Gasteiger partial charge in [-0.2, -0.15) is 0 Å². The lowest BCUT2D eigenvalue weighted by molar-refractivity contribution is -0.116. The van der Waals surface area contributed by atoms with Crippen molar-refractivity contribution in [2.24, 2.45) is 0 Å². The third kappa shape index (κ3) is 3.28. The quantitative estimate of drug-likeness (QED) is 0.902. The largest absolute Gasteiger partial charge is 0.454 e. The fraction of sp³-hybridized carbons (Fsp3) is 0.300. The zero-order valence-corrected chi connectivity index (χ0v) is 15.3. The first-order chi connectivity index (χ1) is 13.0. The maximum Gasteiger partial charge on any atom is 0.325 e. The van der Waals surface area contributed by atoms with Crippen molar-refractivity contribution in [3.05, 3.63) is 47.5 Å². The standard InChI is InChI=1S/C20H21N3O4/c1-13-4-3-5-14(2)19(13)21-18(24)11-22-8-9-23(20(22)25)15-6-7-16-17(10-15)27-12-26-16/h3-7,10H,8-9,11-12H2,1-2H3,(H,21,24). The minimum atomic E-state index is -0.201. The van der Waals surface area contributed by atoms with Gasteiger partial charge in [-0.05, 0) is 37.1 Å². The molecule has 0 saturated carbocycles. The van der Waals surface area contributed by atoms with Crippen LogP contribution in [0.3, 0.4) is 0 Å². The molecule has 27 heavy (non-hydrogen) atoms. The van der Waals surface area contributed by atoms with Gasteiger partial charge in [0, 0.05) is 30.5 Å². The lowest BCUT2D eigenvalue weighted by atomic mass is 10.1. The maximum atomic E-state index is 12.7. The second kappa shape index (κ2) is 6.83. The molecule has 1 fully saturated rings. The molecule has 0 spiro atoms. The first-order valence-corrected chi connectivity index (χ1v) is 8.85. The van der Waals surface area contributed by atoms with Gasteiger partial charge in [-0.1, -0.05) is 18.2 Å². The molecule has 7 nitrogen and oxygen atoms in total. The zero-order valence-electron chi connectivity index (χ0n) is 15.3. The summed E-state index contributed by atoms with van der Waals surface area (Å²) in [6.45, 7) is 5.13. The van der Waals surface area contributed by atoms with Crippen molar-refractivity contribution >= 4 is 23.3 Å². The summed E-state index contributed by atoms with van der Waals surface area (Å²) >= 11 is 0. The van der Waals surface area contributed by atoms with Gasteiger partial charge >= 0.3 is 6.03 Å². The third-order valence-electron chi connectivity index (χ3n) is 4.84. The molecule has 2 aliphatic heterocycles. The molecule has 0 aromatic heterocycles. The number of ether oxygens (including phenoxy) is 2. The van der Waals surface area contributed by atoms with Crippen LogP contribution in [0, 0.1) is 13.8 Å². The molecule has 0 aliphatic carbocycles. The number of amides is 3. The normalized spacial score (nSPS) is 15.4. The molecule has 1 saturated heterocycles. The number of benzene rings is 2. The van der Waals surface area contributed by atoms with E-state index < -0.39 is 0 Å². The maximum absolute atomic E-state index is 12.7. The molecule has 2 aromatic carbocycles. The number of carbonyl (C=O) groups excluding carboxylic acids is 2. The molecule has 0 unspecified atom stereocenters. The summed E-state index contributed by atoms with van der Waals surface area (Å²) in [5.74, 6) is 1.11. The SMILES string of the molecule is Cc1cccc(C)c1NC(=O)CN1CCN(c2ccc3c(c2)OCO3)C1=O. The lowest BCUT2D eigenvalue weighted by Gasteiger charge is -2.19. The predicted octanol–water partition coefficient (Wildman–Crippen LogP) is 2.91. The second-order valence-corrected chi connectivity index (χ2v) is 6.71. The van der Waals surface area contributed by atoms with Crippen LogP contribution in [0.2, 0.25) is 0 Å². The van der Waals surface area contributed by atoms with Crippen molar-refractivity contribution in [1.29, 1.82) is 0 Å². The van der Waals surface area contributed by atoms with E-state index in [9.17, 15) is 9.59 Å². The fourth-order valence-corrected chi connectivity index (χ4v) is 3.39. The average molecular weight is 367 g/mol. The number of urea groups is 1. The molecule has 140 valence electrons. The highest BCUT2D eigenvalue weighted by atomic mass is 16.7. The van der Waals surface area contributed by atoms with Gasteiger partial charge in [-0.3, -0.25) is 9.69 Å². The summed E-state index contributed by atoms with van der Waals surface area (Å²) in [6, 6.07) is 11.1. The lowest BCUT2D eigenvalue weighted by Crippen LogP contribution is -2.37. The minimum absolute atomic E-state index is 0.0215. The topological polar surface area (TPSA) is 71.1 Å². The Labute approximate surface area is 157 Å². The Kier molecular flexibility index (Phi) is 4.35. The van der Waals surface area contributed by atoms with E-state index in [4.69, 9.17) is 9.47 Å². The van der Waals surface area contributed by atoms with Crippen LogP contribution in [-0.4, -0.2) is 43.3 Å². The number of hydrogen-bond acceptors (Lipinski definition) is 4. The number of fused-ring (bicyclic) bond motifs is 1. The van der Waals surface area contributed by atoms with Crippen LogP contribution in [0.4, 0.5) is 16.2 Å². The number of rotatable bonds is 4. The molecule has 0 bridgehead atoms. The van der Waals surface area contributed by atoms with Gasteiger partial charge in [0.1, 0.15) is 6.54 Å². The van der Waals surface area contributed by atoms with Gasteiger partial charge in [0.05, 0.1) is 0 Å². The number of anilines is 2. The summed E-state index contributed by atoms with van der Waals surface area (Å²) in [7, 11) is 0. The van der Waals surface area contributed by atoms with E-state index in [0.29, 0.717) is 24.6 Å². The Bertz CT molecular complexity index is 892. The molecule has 2 heterocycles. The first kappa shape index (κ1) is 17.2. The molecule has 3 amide bonds. The van der Waals surface area contributed by atoms with Crippen LogP contribution in [0.1, 0.15) is 11.1 Å². The van der Waals surface area contributed by atoms with Gasteiger partial charge in [0.25, 0.3) is 0 Å². The van der Waals surface area contributed by atoms with Crippen LogP contribution < -0.4 is 19.7 Å². The minimum Gasteiger partial charge on any atom is -0.454 e. The number of carbonyl (C=O) groups is 2. The monoisotopic (exact) mass is 367 g/mol. The Morgan fingerprint density at radius 3 is 2.59 bits per heavy atom. The van der Waals surface area contributed by atoms with Crippen molar-refractivity contribution in [3.8, 4) is 11.5 Å². The van der Waals surface area contributed by atoms with E-state index in [1.807, 2.05) is 38.1 Å². The van der Waals surface area contributed by atoms with Crippen LogP contribution in [0.25, 0.3) is 0 Å². The fourth-order valence-electron chi connectivity index (χ4n) is 3.39. The van der Waals surface area contributed by atoms with E-state index in [-0.39, 0.29) is 25.3 Å². The van der Waals surface area contributed by atoms with Gasteiger partial charge in [0.2, 0.25) is 12.7 Å². The van der Waals surface area contributed by atoms with E-state index >= 15 is 0 Å². The van der Waals surface area contributed by atoms with Crippen molar-refractivity contribution in [1.82, 2.24) is 4.90 Å². The van der Waals surface area contributed by atoms with E-state index in [2.05, 4.69) is 5.32 Å². The molecule has 7 heteroatoms. The first-order valence-electron chi connectivity index (χ1n) is 8.85. The predicted molar refractivity (Wildman–Crippen MR) is 101 cm³/mol. The Morgan fingerprint density at radius 1 is 1.07 bits per heavy atom. The number of para-hydroxylation sites is 1. The number of hydrogen-bond donors (Lipinski definition) is 1. The smallest absolute Gasteiger partial charge is 0.325 e. The number of aryl methyl sites for hydroxylation is 2. The summed E-state index contributed by atoms with van der Waals surface area (Å²) in [6.07, 6.45) is 0. The molecule has 0 atom stereocenters. The Morgan fingerprint density at radius 2 is 1.81 bits per heavy atom. The van der Waals surface area contributed by atoms with Crippen LogP contribution in [-0.2, 0) is 4.79 Å². The average Bonchev–Trinajstić information content (AvgIpc) is 3.25. The molecule has 4 rings (SSSR count). The highest BCUT2D eigenvalue weighted by Gasteiger charge is 2.31. The molecule has 2 aromatic rings. The Balaban J connectivity index is 1.42. The summed E-state index contributed by atoms with van der Waals surface area (Å²) in [4.78, 5) is 28.4. The van der Waals surface area contributed by atoms with E-state index in [1.165, 1.54) is 0 Å². The highest BCUT2D eigenvalue weighted by Crippen LogP contribution is 2.36. The highest BCUT2D eigenvalue weighted by molar-refractivity contribution is 6.00. The second-order valence-electron chi connectivity index (χ2n) is 6.71. The van der Waals surface area contributed by atoms with Crippen molar-refractivity contribution in [2.75, 3.05) is 36.6 Å². The molecule has 0 radical (unpaired) electrons. The third-order valence-corrected chi connectivity index (χ3v) is 4.84. The Hall–Kier alpha value is -3.22. The van der Waals surface area contributed by atoms with Crippen LogP contribution in [0.5, 0.6) is 11.5 Å². The van der Waals surface area contributed by atoms with Crippen molar-refractivity contribution in [2.45, 2.75) is 13.8 Å². The van der Waals surface area contributed by atoms with E-state index in [1.54, 1.807) is 21.9 Å². The van der Waals surface area contributed by atoms with Crippen LogP contribution >= 0.6 is 0 Å². The molecule has 1 N–H and O–H groups in total. The zero-order chi connectivity index (χ0) is 19.0. The van der Waals surface area contributed by atoms with E-state index in [0.717, 1.165) is 22.5 Å². The number of nitrogens with one attached hydrogen (secondary N) is 1. The number of nitrogens with zero attached hydrogens (tertiary/aromatic N) is 2. The molecular weight excluding hydrogens is 346 g/mol. The van der Waals surface area contributed by atoms with Crippen molar-refractivity contribution in [3.63, 3.8) is 0 Å². The molecule has 2 aliphatic rings. The summed E-state index contributed by atoms with van der Waals surface area (Å²) < 4.78 is 10.7. The van der Waals surface area contributed by atoms with Gasteiger partial charge in [-0.15, -0.1) is 0 Å². The molecular formula is C20H21N3O4. The summed E-state index contributed by atoms with van der Waals surface area (Å²) in [5, 5.41) is 2.93.